The summed E-state index contributed by atoms with van der Waals surface area (Å²) < 4.78 is 5.29. The Balaban J connectivity index is 2.73. The van der Waals surface area contributed by atoms with Crippen molar-refractivity contribution in [3.8, 4) is 11.8 Å². The van der Waals surface area contributed by atoms with E-state index >= 15 is 0 Å². The maximum absolute atomic E-state index is 10.7. The molecule has 0 aliphatic carbocycles. The van der Waals surface area contributed by atoms with Gasteiger partial charge in [-0.05, 0) is 25.0 Å². The molecule has 0 aliphatic heterocycles. The Hall–Kier alpha value is -2.09. The van der Waals surface area contributed by atoms with Crippen LogP contribution in [-0.4, -0.2) is 11.5 Å². The summed E-state index contributed by atoms with van der Waals surface area (Å²) in [5.41, 5.74) is 0.864. The molecule has 5 heteroatoms. The van der Waals surface area contributed by atoms with Crippen LogP contribution in [0.2, 0.25) is 0 Å². The largest absolute Gasteiger partial charge is 0.487 e. The molecule has 1 rings (SSSR count). The summed E-state index contributed by atoms with van der Waals surface area (Å²) in [4.78, 5) is 10.2. The van der Waals surface area contributed by atoms with Crippen LogP contribution >= 0.6 is 0 Å². The van der Waals surface area contributed by atoms with E-state index in [4.69, 9.17) is 10.00 Å². The van der Waals surface area contributed by atoms with E-state index in [0.29, 0.717) is 19.4 Å². The van der Waals surface area contributed by atoms with E-state index in [1.54, 1.807) is 12.1 Å². The highest BCUT2D eigenvalue weighted by Gasteiger charge is 2.14. The SMILES string of the molecule is Cc1ccc([N+](=O)[O-])c(OCCCC#N)c1. The molecule has 0 saturated carbocycles. The second-order valence-electron chi connectivity index (χ2n) is 3.34. The lowest BCUT2D eigenvalue weighted by atomic mass is 10.2. The molecule has 0 fully saturated rings. The number of hydrogen-bond donors (Lipinski definition) is 0. The van der Waals surface area contributed by atoms with Crippen molar-refractivity contribution >= 4 is 5.69 Å². The molecule has 0 bridgehead atoms. The normalized spacial score (nSPS) is 9.50. The first-order valence-corrected chi connectivity index (χ1v) is 4.90. The van der Waals surface area contributed by atoms with Crippen LogP contribution in [-0.2, 0) is 0 Å². The molecule has 0 radical (unpaired) electrons. The summed E-state index contributed by atoms with van der Waals surface area (Å²) in [7, 11) is 0. The van der Waals surface area contributed by atoms with Crippen LogP contribution in [0, 0.1) is 28.4 Å². The van der Waals surface area contributed by atoms with E-state index in [1.165, 1.54) is 6.07 Å². The summed E-state index contributed by atoms with van der Waals surface area (Å²) in [6.45, 7) is 2.16. The first-order chi connectivity index (χ1) is 7.65. The molecule has 0 unspecified atom stereocenters. The van der Waals surface area contributed by atoms with Crippen molar-refractivity contribution in [3.05, 3.63) is 33.9 Å². The Morgan fingerprint density at radius 1 is 1.56 bits per heavy atom. The number of nitro groups is 1. The summed E-state index contributed by atoms with van der Waals surface area (Å²) in [5, 5.41) is 19.0. The summed E-state index contributed by atoms with van der Waals surface area (Å²) in [6.07, 6.45) is 0.960. The van der Waals surface area contributed by atoms with Gasteiger partial charge in [0.05, 0.1) is 17.6 Å². The Kier molecular flexibility index (Phi) is 4.28. The fourth-order valence-electron chi connectivity index (χ4n) is 1.22. The van der Waals surface area contributed by atoms with Crippen LogP contribution in [0.1, 0.15) is 18.4 Å². The molecule has 0 heterocycles. The topological polar surface area (TPSA) is 76.2 Å². The van der Waals surface area contributed by atoms with Crippen LogP contribution in [0.3, 0.4) is 0 Å². The number of ether oxygens (including phenoxy) is 1. The van der Waals surface area contributed by atoms with Gasteiger partial charge in [0, 0.05) is 12.5 Å². The van der Waals surface area contributed by atoms with Crippen LogP contribution in [0.15, 0.2) is 18.2 Å². The highest BCUT2D eigenvalue weighted by atomic mass is 16.6. The number of unbranched alkanes of at least 4 members (excludes halogenated alkanes) is 1. The van der Waals surface area contributed by atoms with Gasteiger partial charge in [-0.3, -0.25) is 10.1 Å². The minimum absolute atomic E-state index is 0.0393. The average molecular weight is 220 g/mol. The maximum atomic E-state index is 10.7. The van der Waals surface area contributed by atoms with Crippen LogP contribution in [0.25, 0.3) is 0 Å². The van der Waals surface area contributed by atoms with Gasteiger partial charge in [-0.15, -0.1) is 0 Å². The van der Waals surface area contributed by atoms with Gasteiger partial charge in [0.15, 0.2) is 5.75 Å². The molecule has 84 valence electrons. The zero-order valence-corrected chi connectivity index (χ0v) is 8.97. The van der Waals surface area contributed by atoms with Gasteiger partial charge in [0.1, 0.15) is 0 Å². The average Bonchev–Trinajstić information content (AvgIpc) is 2.24. The van der Waals surface area contributed by atoms with Crippen molar-refractivity contribution < 1.29 is 9.66 Å². The first kappa shape index (κ1) is 12.0. The molecule has 0 aromatic heterocycles. The Morgan fingerprint density at radius 3 is 2.94 bits per heavy atom. The predicted octanol–water partition coefficient (Wildman–Crippen LogP) is 2.59. The van der Waals surface area contributed by atoms with Gasteiger partial charge in [-0.2, -0.15) is 5.26 Å². The van der Waals surface area contributed by atoms with E-state index < -0.39 is 4.92 Å². The highest BCUT2D eigenvalue weighted by Crippen LogP contribution is 2.27. The van der Waals surface area contributed by atoms with Crippen LogP contribution in [0.5, 0.6) is 5.75 Å². The zero-order valence-electron chi connectivity index (χ0n) is 8.97. The highest BCUT2D eigenvalue weighted by molar-refractivity contribution is 5.48. The number of aryl methyl sites for hydroxylation is 1. The molecule has 0 atom stereocenters. The van der Waals surface area contributed by atoms with E-state index in [2.05, 4.69) is 0 Å². The lowest BCUT2D eigenvalue weighted by Crippen LogP contribution is -2.00. The van der Waals surface area contributed by atoms with Crippen molar-refractivity contribution in [2.24, 2.45) is 0 Å². The third-order valence-corrected chi connectivity index (χ3v) is 2.00. The van der Waals surface area contributed by atoms with Crippen molar-refractivity contribution in [3.63, 3.8) is 0 Å². The number of nitriles is 1. The Bertz CT molecular complexity index is 424. The van der Waals surface area contributed by atoms with Gasteiger partial charge in [-0.25, -0.2) is 0 Å². The van der Waals surface area contributed by atoms with Crippen LogP contribution < -0.4 is 4.74 Å². The molecule has 0 N–H and O–H groups in total. The summed E-state index contributed by atoms with van der Waals surface area (Å²) >= 11 is 0. The quantitative estimate of drug-likeness (QED) is 0.434. The van der Waals surface area contributed by atoms with E-state index in [-0.39, 0.29) is 11.4 Å². The predicted molar refractivity (Wildman–Crippen MR) is 58.2 cm³/mol. The Morgan fingerprint density at radius 2 is 2.31 bits per heavy atom. The van der Waals surface area contributed by atoms with Crippen molar-refractivity contribution in [2.75, 3.05) is 6.61 Å². The second kappa shape index (κ2) is 5.71. The minimum atomic E-state index is -0.473. The molecule has 16 heavy (non-hydrogen) atoms. The van der Waals surface area contributed by atoms with Gasteiger partial charge in [0.2, 0.25) is 0 Å². The standard InChI is InChI=1S/C11H12N2O3/c1-9-4-5-10(13(14)15)11(8-9)16-7-3-2-6-12/h4-5,8H,2-3,7H2,1H3. The zero-order chi connectivity index (χ0) is 12.0. The molecular weight excluding hydrogens is 208 g/mol. The molecule has 5 nitrogen and oxygen atoms in total. The monoisotopic (exact) mass is 220 g/mol. The molecule has 0 spiro atoms. The first-order valence-electron chi connectivity index (χ1n) is 4.90. The smallest absolute Gasteiger partial charge is 0.310 e. The van der Waals surface area contributed by atoms with E-state index in [0.717, 1.165) is 5.56 Å². The fourth-order valence-corrected chi connectivity index (χ4v) is 1.22. The summed E-state index contributed by atoms with van der Waals surface area (Å²) in [5.74, 6) is 0.267. The van der Waals surface area contributed by atoms with Gasteiger partial charge in [0.25, 0.3) is 0 Å². The third-order valence-electron chi connectivity index (χ3n) is 2.00. The van der Waals surface area contributed by atoms with Crippen molar-refractivity contribution in [1.82, 2.24) is 0 Å². The van der Waals surface area contributed by atoms with Gasteiger partial charge in [-0.1, -0.05) is 6.07 Å². The minimum Gasteiger partial charge on any atom is -0.487 e. The lowest BCUT2D eigenvalue weighted by Gasteiger charge is -2.06. The van der Waals surface area contributed by atoms with Gasteiger partial charge >= 0.3 is 5.69 Å². The van der Waals surface area contributed by atoms with Crippen LogP contribution in [0.4, 0.5) is 5.69 Å². The number of nitrogens with zero attached hydrogens (tertiary/aromatic N) is 2. The van der Waals surface area contributed by atoms with E-state index in [9.17, 15) is 10.1 Å². The van der Waals surface area contributed by atoms with E-state index in [1.807, 2.05) is 13.0 Å². The number of hydrogen-bond acceptors (Lipinski definition) is 4. The lowest BCUT2D eigenvalue weighted by molar-refractivity contribution is -0.385. The Labute approximate surface area is 93.4 Å². The number of rotatable bonds is 5. The molecule has 1 aromatic rings. The van der Waals surface area contributed by atoms with Crippen molar-refractivity contribution in [1.29, 1.82) is 5.26 Å². The maximum Gasteiger partial charge on any atom is 0.310 e. The number of nitro benzene ring substituents is 1. The molecule has 0 aliphatic rings. The van der Waals surface area contributed by atoms with Gasteiger partial charge < -0.3 is 4.74 Å². The molecule has 0 amide bonds. The fraction of sp³-hybridized carbons (Fsp3) is 0.364. The number of benzene rings is 1. The molecule has 1 aromatic carbocycles. The third kappa shape index (κ3) is 3.24. The van der Waals surface area contributed by atoms with Crippen molar-refractivity contribution in [2.45, 2.75) is 19.8 Å². The molecular formula is C11H12N2O3. The second-order valence-corrected chi connectivity index (χ2v) is 3.34. The summed E-state index contributed by atoms with van der Waals surface area (Å²) in [6, 6.07) is 6.71. The molecule has 0 saturated heterocycles.